The lowest BCUT2D eigenvalue weighted by molar-refractivity contribution is -0.186. The number of carboxylic acid groups (broad SMARTS) is 1. The number of carbonyl (C=O) groups is 1. The van der Waals surface area contributed by atoms with E-state index in [0.717, 1.165) is 0 Å². The molecule has 0 aliphatic carbocycles. The Bertz CT molecular complexity index is 336. The maximum Gasteiger partial charge on any atom is 0.393 e. The molecule has 0 aromatic heterocycles. The lowest BCUT2D eigenvalue weighted by Crippen LogP contribution is -2.48. The number of hydrogen-bond acceptors (Lipinski definition) is 3. The number of halogens is 3. The molecule has 2 N–H and O–H groups in total. The van der Waals surface area contributed by atoms with Crippen molar-refractivity contribution in [3.05, 3.63) is 0 Å². The maximum atomic E-state index is 12.7. The number of rotatable bonds is 6. The van der Waals surface area contributed by atoms with Crippen LogP contribution in [0.5, 0.6) is 0 Å². The standard InChI is InChI=1S/C13H23F3N2O2/c1-12(17-2,11(19)20)6-4-8-18-7-3-5-10(9-18)13(14,15)16/h10,17H,3-9H2,1-2H3,(H,19,20). The van der Waals surface area contributed by atoms with Gasteiger partial charge in [-0.1, -0.05) is 0 Å². The van der Waals surface area contributed by atoms with Crippen LogP contribution in [0.4, 0.5) is 13.2 Å². The van der Waals surface area contributed by atoms with E-state index in [2.05, 4.69) is 5.32 Å². The second-order valence-corrected chi connectivity index (χ2v) is 5.67. The van der Waals surface area contributed by atoms with Crippen LogP contribution in [0.2, 0.25) is 0 Å². The Balaban J connectivity index is 2.40. The number of hydrogen-bond donors (Lipinski definition) is 2. The van der Waals surface area contributed by atoms with Gasteiger partial charge in [-0.25, -0.2) is 0 Å². The minimum atomic E-state index is -4.13. The van der Waals surface area contributed by atoms with Gasteiger partial charge in [-0.2, -0.15) is 13.2 Å². The van der Waals surface area contributed by atoms with E-state index >= 15 is 0 Å². The third-order valence-electron chi connectivity index (χ3n) is 4.14. The summed E-state index contributed by atoms with van der Waals surface area (Å²) < 4.78 is 38.0. The molecule has 0 radical (unpaired) electrons. The molecule has 4 nitrogen and oxygen atoms in total. The topological polar surface area (TPSA) is 52.6 Å². The smallest absolute Gasteiger partial charge is 0.393 e. The molecule has 1 saturated heterocycles. The first-order valence-electron chi connectivity index (χ1n) is 6.90. The Morgan fingerprint density at radius 3 is 2.60 bits per heavy atom. The molecule has 0 spiro atoms. The summed E-state index contributed by atoms with van der Waals surface area (Å²) in [5.74, 6) is -2.18. The third-order valence-corrected chi connectivity index (χ3v) is 4.14. The highest BCUT2D eigenvalue weighted by molar-refractivity contribution is 5.78. The van der Waals surface area contributed by atoms with Crippen molar-refractivity contribution in [1.82, 2.24) is 10.2 Å². The molecule has 1 heterocycles. The van der Waals surface area contributed by atoms with E-state index in [1.165, 1.54) is 0 Å². The number of nitrogens with one attached hydrogen (secondary N) is 1. The van der Waals surface area contributed by atoms with Crippen molar-refractivity contribution in [3.8, 4) is 0 Å². The third kappa shape index (κ3) is 4.63. The predicted molar refractivity (Wildman–Crippen MR) is 69.6 cm³/mol. The Kier molecular flexibility index (Phi) is 5.82. The zero-order valence-electron chi connectivity index (χ0n) is 12.0. The summed E-state index contributed by atoms with van der Waals surface area (Å²) in [6.07, 6.45) is -2.42. The molecule has 7 heteroatoms. The minimum absolute atomic E-state index is 0.0346. The molecule has 1 aliphatic rings. The Labute approximate surface area is 117 Å². The quantitative estimate of drug-likeness (QED) is 0.788. The van der Waals surface area contributed by atoms with Crippen molar-refractivity contribution in [3.63, 3.8) is 0 Å². The van der Waals surface area contributed by atoms with Crippen LogP contribution in [0.25, 0.3) is 0 Å². The van der Waals surface area contributed by atoms with Crippen molar-refractivity contribution in [1.29, 1.82) is 0 Å². The first kappa shape index (κ1) is 17.2. The second-order valence-electron chi connectivity index (χ2n) is 5.67. The van der Waals surface area contributed by atoms with Gasteiger partial charge in [-0.05, 0) is 52.7 Å². The van der Waals surface area contributed by atoms with E-state index in [9.17, 15) is 18.0 Å². The highest BCUT2D eigenvalue weighted by atomic mass is 19.4. The fourth-order valence-electron chi connectivity index (χ4n) is 2.52. The van der Waals surface area contributed by atoms with E-state index < -0.39 is 23.6 Å². The normalized spacial score (nSPS) is 24.4. The number of carboxylic acids is 1. The average molecular weight is 296 g/mol. The van der Waals surface area contributed by atoms with Gasteiger partial charge in [0.25, 0.3) is 0 Å². The number of piperidine rings is 1. The van der Waals surface area contributed by atoms with Gasteiger partial charge >= 0.3 is 12.1 Å². The van der Waals surface area contributed by atoms with E-state index in [1.807, 2.05) is 0 Å². The van der Waals surface area contributed by atoms with Gasteiger partial charge in [0, 0.05) is 6.54 Å². The summed E-state index contributed by atoms with van der Waals surface area (Å²) in [6, 6.07) is 0. The van der Waals surface area contributed by atoms with Gasteiger partial charge in [-0.3, -0.25) is 4.79 Å². The molecule has 0 amide bonds. The first-order chi connectivity index (χ1) is 9.19. The second kappa shape index (κ2) is 6.76. The first-order valence-corrected chi connectivity index (χ1v) is 6.90. The van der Waals surface area contributed by atoms with Crippen LogP contribution in [0, 0.1) is 5.92 Å². The summed E-state index contributed by atoms with van der Waals surface area (Å²) in [4.78, 5) is 12.9. The summed E-state index contributed by atoms with van der Waals surface area (Å²) >= 11 is 0. The van der Waals surface area contributed by atoms with Gasteiger partial charge in [0.1, 0.15) is 5.54 Å². The van der Waals surface area contributed by atoms with Crippen molar-refractivity contribution >= 4 is 5.97 Å². The molecule has 1 fully saturated rings. The molecule has 20 heavy (non-hydrogen) atoms. The van der Waals surface area contributed by atoms with E-state index in [4.69, 9.17) is 5.11 Å². The monoisotopic (exact) mass is 296 g/mol. The predicted octanol–water partition coefficient (Wildman–Crippen LogP) is 2.10. The highest BCUT2D eigenvalue weighted by Crippen LogP contribution is 2.33. The molecule has 1 aliphatic heterocycles. The molecule has 0 aromatic carbocycles. The number of likely N-dealkylation sites (N-methyl/N-ethyl adjacent to an activating group) is 1. The number of alkyl halides is 3. The van der Waals surface area contributed by atoms with Crippen molar-refractivity contribution < 1.29 is 23.1 Å². The highest BCUT2D eigenvalue weighted by Gasteiger charge is 2.41. The molecule has 2 unspecified atom stereocenters. The van der Waals surface area contributed by atoms with Crippen LogP contribution in [-0.4, -0.2) is 54.4 Å². The van der Waals surface area contributed by atoms with Crippen LogP contribution in [0.1, 0.15) is 32.6 Å². The minimum Gasteiger partial charge on any atom is -0.480 e. The van der Waals surface area contributed by atoms with Gasteiger partial charge in [0.05, 0.1) is 5.92 Å². The fourth-order valence-corrected chi connectivity index (χ4v) is 2.52. The van der Waals surface area contributed by atoms with Gasteiger partial charge in [0.2, 0.25) is 0 Å². The SMILES string of the molecule is CNC(C)(CCCN1CCCC(C(F)(F)F)C1)C(=O)O. The Morgan fingerprint density at radius 2 is 2.10 bits per heavy atom. The molecule has 118 valence electrons. The molecule has 0 aromatic rings. The molecule has 0 saturated carbocycles. The summed E-state index contributed by atoms with van der Waals surface area (Å²) in [5.41, 5.74) is -1.01. The Morgan fingerprint density at radius 1 is 1.45 bits per heavy atom. The lowest BCUT2D eigenvalue weighted by atomic mass is 9.94. The van der Waals surface area contributed by atoms with Crippen LogP contribution >= 0.6 is 0 Å². The van der Waals surface area contributed by atoms with Crippen LogP contribution < -0.4 is 5.32 Å². The lowest BCUT2D eigenvalue weighted by Gasteiger charge is -2.34. The van der Waals surface area contributed by atoms with Crippen LogP contribution in [0.3, 0.4) is 0 Å². The summed E-state index contributed by atoms with van der Waals surface area (Å²) in [5, 5.41) is 11.8. The number of nitrogens with zero attached hydrogens (tertiary/aromatic N) is 1. The van der Waals surface area contributed by atoms with Gasteiger partial charge < -0.3 is 15.3 Å². The van der Waals surface area contributed by atoms with E-state index in [1.54, 1.807) is 18.9 Å². The van der Waals surface area contributed by atoms with Crippen molar-refractivity contribution in [2.75, 3.05) is 26.7 Å². The van der Waals surface area contributed by atoms with Gasteiger partial charge in [-0.15, -0.1) is 0 Å². The fraction of sp³-hybridized carbons (Fsp3) is 0.923. The zero-order chi connectivity index (χ0) is 15.4. The van der Waals surface area contributed by atoms with E-state index in [-0.39, 0.29) is 13.0 Å². The molecular formula is C13H23F3N2O2. The average Bonchev–Trinajstić information content (AvgIpc) is 2.37. The van der Waals surface area contributed by atoms with E-state index in [0.29, 0.717) is 32.4 Å². The number of likely N-dealkylation sites (tertiary alicyclic amines) is 1. The van der Waals surface area contributed by atoms with Crippen molar-refractivity contribution in [2.45, 2.75) is 44.3 Å². The summed E-state index contributed by atoms with van der Waals surface area (Å²) in [6.45, 7) is 2.80. The molecule has 0 bridgehead atoms. The summed E-state index contributed by atoms with van der Waals surface area (Å²) in [7, 11) is 1.58. The van der Waals surface area contributed by atoms with Crippen LogP contribution in [-0.2, 0) is 4.79 Å². The number of aliphatic carboxylic acids is 1. The van der Waals surface area contributed by atoms with Crippen LogP contribution in [0.15, 0.2) is 0 Å². The van der Waals surface area contributed by atoms with Crippen molar-refractivity contribution in [2.24, 2.45) is 5.92 Å². The molecular weight excluding hydrogens is 273 g/mol. The maximum absolute atomic E-state index is 12.7. The van der Waals surface area contributed by atoms with Gasteiger partial charge in [0.15, 0.2) is 0 Å². The zero-order valence-corrected chi connectivity index (χ0v) is 12.0. The largest absolute Gasteiger partial charge is 0.480 e. The molecule has 1 rings (SSSR count). The Hall–Kier alpha value is -0.820. The molecule has 2 atom stereocenters.